The van der Waals surface area contributed by atoms with E-state index in [1.54, 1.807) is 6.33 Å². The lowest BCUT2D eigenvalue weighted by Gasteiger charge is -2.07. The van der Waals surface area contributed by atoms with Crippen LogP contribution in [0.15, 0.2) is 6.33 Å². The molecule has 90 valence electrons. The number of imidazole rings is 1. The molecule has 3 heterocycles. The largest absolute Gasteiger partial charge is 0.382 e. The number of hydrogen-bond acceptors (Lipinski definition) is 5. The molecule has 0 amide bonds. The van der Waals surface area contributed by atoms with Gasteiger partial charge in [-0.1, -0.05) is 0 Å². The van der Waals surface area contributed by atoms with Crippen LogP contribution in [0.3, 0.4) is 0 Å². The van der Waals surface area contributed by atoms with Gasteiger partial charge in [0.2, 0.25) is 0 Å². The molecular formula is C11H16N6. The summed E-state index contributed by atoms with van der Waals surface area (Å²) in [7, 11) is 0. The molecule has 1 fully saturated rings. The topological polar surface area (TPSA) is 92.5 Å². The van der Waals surface area contributed by atoms with Crippen molar-refractivity contribution in [3.05, 3.63) is 12.2 Å². The van der Waals surface area contributed by atoms with Crippen molar-refractivity contribution in [2.45, 2.75) is 19.3 Å². The van der Waals surface area contributed by atoms with Crippen molar-refractivity contribution in [3.63, 3.8) is 0 Å². The van der Waals surface area contributed by atoms with Gasteiger partial charge in [-0.2, -0.15) is 0 Å². The number of nitrogens with zero attached hydrogens (tertiary/aromatic N) is 3. The van der Waals surface area contributed by atoms with Gasteiger partial charge in [0, 0.05) is 6.42 Å². The number of fused-ring (bicyclic) bond motifs is 1. The van der Waals surface area contributed by atoms with Gasteiger partial charge in [-0.15, -0.1) is 0 Å². The highest BCUT2D eigenvalue weighted by molar-refractivity contribution is 5.80. The minimum atomic E-state index is 0.493. The van der Waals surface area contributed by atoms with Crippen LogP contribution in [0, 0.1) is 5.92 Å². The number of hydrogen-bond donors (Lipinski definition) is 3. The molecule has 6 heteroatoms. The van der Waals surface area contributed by atoms with E-state index in [4.69, 9.17) is 5.73 Å². The maximum absolute atomic E-state index is 5.85. The summed E-state index contributed by atoms with van der Waals surface area (Å²) in [6, 6.07) is 0. The Bertz CT molecular complexity index is 514. The average molecular weight is 232 g/mol. The Hall–Kier alpha value is -1.69. The normalized spacial score (nSPS) is 20.1. The first-order chi connectivity index (χ1) is 8.33. The third-order valence-electron chi connectivity index (χ3n) is 3.30. The number of rotatable bonds is 3. The van der Waals surface area contributed by atoms with Crippen LogP contribution in [-0.2, 0) is 6.42 Å². The van der Waals surface area contributed by atoms with Gasteiger partial charge in [0.05, 0.1) is 6.33 Å². The van der Waals surface area contributed by atoms with Gasteiger partial charge >= 0.3 is 0 Å². The Kier molecular flexibility index (Phi) is 2.64. The SMILES string of the molecule is Nc1nc(CC[C@@H]2CCNC2)nc2nc[nH]c12. The van der Waals surface area contributed by atoms with Gasteiger partial charge in [0.25, 0.3) is 0 Å². The molecule has 4 N–H and O–H groups in total. The first kappa shape index (κ1) is 10.5. The first-order valence-electron chi connectivity index (χ1n) is 5.99. The quantitative estimate of drug-likeness (QED) is 0.715. The molecule has 0 aliphatic carbocycles. The van der Waals surface area contributed by atoms with E-state index in [0.29, 0.717) is 11.5 Å². The fourth-order valence-electron chi connectivity index (χ4n) is 2.31. The molecule has 3 rings (SSSR count). The molecule has 6 nitrogen and oxygen atoms in total. The molecule has 0 radical (unpaired) electrons. The van der Waals surface area contributed by atoms with Crippen molar-refractivity contribution >= 4 is 17.0 Å². The van der Waals surface area contributed by atoms with Crippen LogP contribution < -0.4 is 11.1 Å². The molecule has 0 saturated carbocycles. The lowest BCUT2D eigenvalue weighted by Crippen LogP contribution is -2.10. The standard InChI is InChI=1S/C11H16N6/c12-10-9-11(15-6-14-9)17-8(16-10)2-1-7-3-4-13-5-7/h6-7,13H,1-5H2,(H3,12,14,15,16,17)/t7-/m1/s1. The molecule has 1 aliphatic heterocycles. The Balaban J connectivity index is 1.75. The number of aromatic nitrogens is 4. The number of nitrogen functional groups attached to an aromatic ring is 1. The van der Waals surface area contributed by atoms with Crippen LogP contribution in [0.4, 0.5) is 5.82 Å². The third kappa shape index (κ3) is 2.08. The summed E-state index contributed by atoms with van der Waals surface area (Å²) in [4.78, 5) is 15.8. The Morgan fingerprint density at radius 1 is 1.41 bits per heavy atom. The monoisotopic (exact) mass is 232 g/mol. The van der Waals surface area contributed by atoms with E-state index in [9.17, 15) is 0 Å². The van der Waals surface area contributed by atoms with E-state index < -0.39 is 0 Å². The van der Waals surface area contributed by atoms with Gasteiger partial charge in [0.15, 0.2) is 11.5 Å². The summed E-state index contributed by atoms with van der Waals surface area (Å²) in [5.41, 5.74) is 7.25. The number of aromatic amines is 1. The molecule has 1 atom stereocenters. The molecule has 2 aromatic rings. The second-order valence-corrected chi connectivity index (χ2v) is 4.52. The Morgan fingerprint density at radius 3 is 3.18 bits per heavy atom. The van der Waals surface area contributed by atoms with E-state index in [2.05, 4.69) is 25.3 Å². The average Bonchev–Trinajstić information content (AvgIpc) is 2.97. The lowest BCUT2D eigenvalue weighted by atomic mass is 10.0. The van der Waals surface area contributed by atoms with Crippen LogP contribution in [0.2, 0.25) is 0 Å². The highest BCUT2D eigenvalue weighted by Crippen LogP contribution is 2.17. The van der Waals surface area contributed by atoms with Crippen molar-refractivity contribution in [3.8, 4) is 0 Å². The highest BCUT2D eigenvalue weighted by Gasteiger charge is 2.15. The highest BCUT2D eigenvalue weighted by atomic mass is 15.0. The minimum absolute atomic E-state index is 0.493. The molecule has 0 unspecified atom stereocenters. The summed E-state index contributed by atoms with van der Waals surface area (Å²) in [6.45, 7) is 2.24. The zero-order chi connectivity index (χ0) is 11.7. The molecule has 2 aromatic heterocycles. The zero-order valence-corrected chi connectivity index (χ0v) is 9.61. The fourth-order valence-corrected chi connectivity index (χ4v) is 2.31. The van der Waals surface area contributed by atoms with Crippen LogP contribution >= 0.6 is 0 Å². The minimum Gasteiger partial charge on any atom is -0.382 e. The summed E-state index contributed by atoms with van der Waals surface area (Å²) in [6.07, 6.45) is 4.84. The van der Waals surface area contributed by atoms with E-state index in [1.807, 2.05) is 0 Å². The molecule has 1 aliphatic rings. The van der Waals surface area contributed by atoms with Crippen molar-refractivity contribution in [1.29, 1.82) is 0 Å². The van der Waals surface area contributed by atoms with Gasteiger partial charge in [-0.05, 0) is 31.8 Å². The summed E-state index contributed by atoms with van der Waals surface area (Å²) in [5.74, 6) is 2.04. The molecule has 0 bridgehead atoms. The summed E-state index contributed by atoms with van der Waals surface area (Å²) >= 11 is 0. The van der Waals surface area contributed by atoms with Crippen molar-refractivity contribution in [2.75, 3.05) is 18.8 Å². The summed E-state index contributed by atoms with van der Waals surface area (Å²) in [5, 5.41) is 3.36. The van der Waals surface area contributed by atoms with Gasteiger partial charge in [-0.25, -0.2) is 15.0 Å². The van der Waals surface area contributed by atoms with E-state index in [0.717, 1.165) is 43.2 Å². The maximum atomic E-state index is 5.85. The van der Waals surface area contributed by atoms with E-state index in [-0.39, 0.29) is 0 Å². The number of nitrogens with two attached hydrogens (primary N) is 1. The number of H-pyrrole nitrogens is 1. The van der Waals surface area contributed by atoms with Gasteiger partial charge < -0.3 is 16.0 Å². The third-order valence-corrected chi connectivity index (χ3v) is 3.30. The van der Waals surface area contributed by atoms with Crippen molar-refractivity contribution in [2.24, 2.45) is 5.92 Å². The van der Waals surface area contributed by atoms with Gasteiger partial charge in [-0.3, -0.25) is 0 Å². The van der Waals surface area contributed by atoms with Crippen LogP contribution in [-0.4, -0.2) is 33.0 Å². The first-order valence-corrected chi connectivity index (χ1v) is 5.99. The predicted octanol–water partition coefficient (Wildman–Crippen LogP) is 0.477. The van der Waals surface area contributed by atoms with Crippen LogP contribution in [0.1, 0.15) is 18.7 Å². The fraction of sp³-hybridized carbons (Fsp3) is 0.545. The van der Waals surface area contributed by atoms with Crippen LogP contribution in [0.25, 0.3) is 11.2 Å². The number of aryl methyl sites for hydroxylation is 1. The second kappa shape index (κ2) is 4.29. The van der Waals surface area contributed by atoms with Gasteiger partial charge in [0.1, 0.15) is 11.3 Å². The Morgan fingerprint density at radius 2 is 2.35 bits per heavy atom. The smallest absolute Gasteiger partial charge is 0.183 e. The van der Waals surface area contributed by atoms with Crippen molar-refractivity contribution < 1.29 is 0 Å². The molecule has 17 heavy (non-hydrogen) atoms. The molecule has 0 spiro atoms. The lowest BCUT2D eigenvalue weighted by molar-refractivity contribution is 0.525. The molecule has 0 aromatic carbocycles. The van der Waals surface area contributed by atoms with Crippen molar-refractivity contribution in [1.82, 2.24) is 25.3 Å². The summed E-state index contributed by atoms with van der Waals surface area (Å²) < 4.78 is 0. The van der Waals surface area contributed by atoms with E-state index in [1.165, 1.54) is 6.42 Å². The maximum Gasteiger partial charge on any atom is 0.183 e. The van der Waals surface area contributed by atoms with Crippen LogP contribution in [0.5, 0.6) is 0 Å². The number of nitrogens with one attached hydrogen (secondary N) is 2. The second-order valence-electron chi connectivity index (χ2n) is 4.52. The number of anilines is 1. The Labute approximate surface area is 99.1 Å². The molecule has 1 saturated heterocycles. The van der Waals surface area contributed by atoms with E-state index >= 15 is 0 Å². The zero-order valence-electron chi connectivity index (χ0n) is 9.61. The molecular weight excluding hydrogens is 216 g/mol. The predicted molar refractivity (Wildman–Crippen MR) is 65.4 cm³/mol.